The molecule has 1 aliphatic rings. The van der Waals surface area contributed by atoms with Crippen LogP contribution in [-0.2, 0) is 6.54 Å². The SMILES string of the molecule is Cc1cc(N2c3ccccc3[Si-](c3ccccc3)(c3ccccc3)c3ccccc32)ccc1CN([O-])c1ccccc1. The molecule has 0 amide bonds. The fourth-order valence-electron chi connectivity index (χ4n) is 6.53. The minimum atomic E-state index is -2.62. The van der Waals surface area contributed by atoms with Gasteiger partial charge in [-0.1, -0.05) is 121 Å². The Morgan fingerprint density at radius 2 is 1.05 bits per heavy atom. The van der Waals surface area contributed by atoms with Crippen molar-refractivity contribution in [2.24, 2.45) is 0 Å². The van der Waals surface area contributed by atoms with Crippen LogP contribution in [0.15, 0.2) is 158 Å². The highest BCUT2D eigenvalue weighted by Crippen LogP contribution is 2.39. The number of hydroxylamine groups is 1. The zero-order chi connectivity index (χ0) is 28.5. The summed E-state index contributed by atoms with van der Waals surface area (Å²) in [6.45, 7) is 2.41. The molecule has 1 heterocycles. The van der Waals surface area contributed by atoms with Crippen molar-refractivity contribution < 1.29 is 0 Å². The van der Waals surface area contributed by atoms with Crippen LogP contribution >= 0.6 is 0 Å². The second-order valence-electron chi connectivity index (χ2n) is 10.8. The van der Waals surface area contributed by atoms with Crippen LogP contribution in [-0.4, -0.2) is 8.07 Å². The van der Waals surface area contributed by atoms with E-state index in [0.29, 0.717) is 12.2 Å². The topological polar surface area (TPSA) is 29.5 Å². The summed E-state index contributed by atoms with van der Waals surface area (Å²) in [4.78, 5) is 2.41. The number of anilines is 4. The van der Waals surface area contributed by atoms with E-state index in [0.717, 1.165) is 21.9 Å². The highest BCUT2D eigenvalue weighted by Gasteiger charge is 2.37. The minimum absolute atomic E-state index is 0.307. The Hall–Kier alpha value is -4.90. The van der Waals surface area contributed by atoms with Gasteiger partial charge in [0.25, 0.3) is 0 Å². The second-order valence-corrected chi connectivity index (χ2v) is 14.6. The van der Waals surface area contributed by atoms with Crippen molar-refractivity contribution >= 4 is 51.6 Å². The molecule has 0 aliphatic carbocycles. The lowest BCUT2D eigenvalue weighted by Crippen LogP contribution is -2.77. The molecule has 0 atom stereocenters. The Labute approximate surface area is 248 Å². The standard InChI is InChI=1S/C38H31N2OSi/c1-29-27-32(26-25-30(29)28-39(41)31-15-5-2-6-16-31)40-35-21-11-13-23-37(35)42(33-17-7-3-8-18-33,34-19-9-4-10-20-34)38-24-14-12-22-36(38)40/h2-27H,28H2,1H3/q-2. The van der Waals surface area contributed by atoms with Crippen LogP contribution in [0.4, 0.5) is 22.7 Å². The van der Waals surface area contributed by atoms with Gasteiger partial charge in [-0.15, -0.1) is 10.4 Å². The van der Waals surface area contributed by atoms with E-state index in [4.69, 9.17) is 0 Å². The third-order valence-corrected chi connectivity index (χ3v) is 13.3. The lowest BCUT2D eigenvalue weighted by molar-refractivity contribution is 0.961. The zero-order valence-corrected chi connectivity index (χ0v) is 24.5. The molecular weight excluding hydrogens is 529 g/mol. The molecule has 3 nitrogen and oxygen atoms in total. The first-order chi connectivity index (χ1) is 20.7. The van der Waals surface area contributed by atoms with Crippen molar-refractivity contribution in [1.29, 1.82) is 0 Å². The molecule has 0 bridgehead atoms. The van der Waals surface area contributed by atoms with Crippen LogP contribution in [0.25, 0.3) is 0 Å². The van der Waals surface area contributed by atoms with Crippen molar-refractivity contribution in [2.75, 3.05) is 9.96 Å². The van der Waals surface area contributed by atoms with Gasteiger partial charge in [-0.3, -0.25) is 0 Å². The largest absolute Gasteiger partial charge is 0.758 e. The molecule has 4 heteroatoms. The number of hydrogen-bond acceptors (Lipinski definition) is 3. The van der Waals surface area contributed by atoms with Crippen molar-refractivity contribution in [1.82, 2.24) is 0 Å². The third-order valence-electron chi connectivity index (χ3n) is 8.45. The summed E-state index contributed by atoms with van der Waals surface area (Å²) in [5.41, 5.74) is 6.29. The van der Waals surface area contributed by atoms with Crippen LogP contribution in [0.5, 0.6) is 0 Å². The average Bonchev–Trinajstić information content (AvgIpc) is 3.06. The maximum atomic E-state index is 12.9. The smallest absolute Gasteiger partial charge is 0.0462 e. The van der Waals surface area contributed by atoms with Crippen LogP contribution in [0.2, 0.25) is 0 Å². The van der Waals surface area contributed by atoms with E-state index < -0.39 is 8.07 Å². The first-order valence-electron chi connectivity index (χ1n) is 14.4. The maximum absolute atomic E-state index is 12.9. The third kappa shape index (κ3) is 4.24. The maximum Gasteiger partial charge on any atom is 0.0462 e. The van der Waals surface area contributed by atoms with E-state index in [1.807, 2.05) is 30.3 Å². The predicted octanol–water partition coefficient (Wildman–Crippen LogP) is 6.66. The molecule has 0 saturated carbocycles. The summed E-state index contributed by atoms with van der Waals surface area (Å²) in [7, 11) is -2.62. The van der Waals surface area contributed by atoms with Gasteiger partial charge in [-0.05, 0) is 62.5 Å². The second kappa shape index (κ2) is 10.8. The van der Waals surface area contributed by atoms with Crippen molar-refractivity contribution in [3.63, 3.8) is 0 Å². The van der Waals surface area contributed by atoms with E-state index in [1.54, 1.807) is 0 Å². The first-order valence-corrected chi connectivity index (χ1v) is 16.4. The predicted molar refractivity (Wildman–Crippen MR) is 179 cm³/mol. The molecule has 0 saturated heterocycles. The molecule has 0 N–H and O–H groups in total. The van der Waals surface area contributed by atoms with E-state index in [-0.39, 0.29) is 0 Å². The summed E-state index contributed by atoms with van der Waals surface area (Å²) in [6, 6.07) is 55.9. The van der Waals surface area contributed by atoms with Gasteiger partial charge in [-0.25, -0.2) is 0 Å². The molecule has 6 aromatic carbocycles. The van der Waals surface area contributed by atoms with Crippen molar-refractivity contribution in [3.8, 4) is 0 Å². The Morgan fingerprint density at radius 3 is 1.57 bits per heavy atom. The van der Waals surface area contributed by atoms with Gasteiger partial charge in [-0.2, -0.15) is 10.4 Å². The van der Waals surface area contributed by atoms with Crippen LogP contribution in [0.1, 0.15) is 11.1 Å². The molecule has 1 aliphatic heterocycles. The number of nitrogens with zero attached hydrogens (tertiary/aromatic N) is 2. The van der Waals surface area contributed by atoms with Gasteiger partial charge in [0.1, 0.15) is 0 Å². The summed E-state index contributed by atoms with van der Waals surface area (Å²) in [5.74, 6) is 0. The number of aryl methyl sites for hydroxylation is 1. The molecule has 0 radical (unpaired) electrons. The van der Waals surface area contributed by atoms with E-state index >= 15 is 0 Å². The molecular formula is C38H31N2OSi-2. The Morgan fingerprint density at radius 1 is 0.571 bits per heavy atom. The molecule has 6 aromatic rings. The number of hydrogen-bond donors (Lipinski definition) is 0. The molecule has 0 fully saturated rings. The number of benzene rings is 6. The fraction of sp³-hybridized carbons (Fsp3) is 0.0526. The van der Waals surface area contributed by atoms with E-state index in [1.165, 1.54) is 32.1 Å². The average molecular weight is 560 g/mol. The molecule has 205 valence electrons. The Kier molecular flexibility index (Phi) is 6.71. The monoisotopic (exact) mass is 559 g/mol. The summed E-state index contributed by atoms with van der Waals surface area (Å²) >= 11 is 0. The molecule has 42 heavy (non-hydrogen) atoms. The van der Waals surface area contributed by atoms with Crippen LogP contribution < -0.4 is 30.7 Å². The fourth-order valence-corrected chi connectivity index (χ4v) is 11.6. The number of rotatable bonds is 6. The van der Waals surface area contributed by atoms with Crippen LogP contribution in [0, 0.1) is 12.1 Å². The quantitative estimate of drug-likeness (QED) is 0.169. The molecule has 7 rings (SSSR count). The van der Waals surface area contributed by atoms with Gasteiger partial charge in [0.2, 0.25) is 0 Å². The zero-order valence-electron chi connectivity index (χ0n) is 23.5. The summed E-state index contributed by atoms with van der Waals surface area (Å²) in [6.07, 6.45) is 0. The summed E-state index contributed by atoms with van der Waals surface area (Å²) in [5, 5.41) is 19.5. The van der Waals surface area contributed by atoms with Gasteiger partial charge in [0.15, 0.2) is 0 Å². The normalized spacial score (nSPS) is 13.2. The summed E-state index contributed by atoms with van der Waals surface area (Å²) < 4.78 is 0. The highest BCUT2D eigenvalue weighted by atomic mass is 28.3. The van der Waals surface area contributed by atoms with Crippen molar-refractivity contribution in [2.45, 2.75) is 13.5 Å². The number of para-hydroxylation sites is 3. The Balaban J connectivity index is 1.40. The van der Waals surface area contributed by atoms with Crippen LogP contribution in [0.3, 0.4) is 0 Å². The van der Waals surface area contributed by atoms with E-state index in [2.05, 4.69) is 139 Å². The lowest BCUT2D eigenvalue weighted by atomic mass is 10.1. The van der Waals surface area contributed by atoms with E-state index in [9.17, 15) is 5.21 Å². The van der Waals surface area contributed by atoms with Gasteiger partial charge in [0, 0.05) is 29.3 Å². The number of fused-ring (bicyclic) bond motifs is 2. The molecule has 0 unspecified atom stereocenters. The molecule has 0 spiro atoms. The van der Waals surface area contributed by atoms with Gasteiger partial charge in [0.05, 0.1) is 0 Å². The minimum Gasteiger partial charge on any atom is -0.758 e. The first kappa shape index (κ1) is 26.0. The molecule has 0 aromatic heterocycles. The lowest BCUT2D eigenvalue weighted by Gasteiger charge is -2.54. The highest BCUT2D eigenvalue weighted by molar-refractivity contribution is 7.21. The van der Waals surface area contributed by atoms with Gasteiger partial charge < -0.3 is 15.2 Å². The van der Waals surface area contributed by atoms with Crippen molar-refractivity contribution in [3.05, 3.63) is 174 Å². The Bertz CT molecular complexity index is 1750. The van der Waals surface area contributed by atoms with Gasteiger partial charge >= 0.3 is 0 Å².